The van der Waals surface area contributed by atoms with Crippen molar-refractivity contribution in [2.24, 2.45) is 0 Å². The Morgan fingerprint density at radius 3 is 2.59 bits per heavy atom. The molecule has 11 heteroatoms. The van der Waals surface area contributed by atoms with E-state index in [0.717, 1.165) is 30.5 Å². The SMILES string of the molecule is Cc1ccc(NC(=O)CSc2nnnn2-c2ccccc2)c(S(=O)(=O)N2CCCCC2)c1. The molecule has 2 heterocycles. The molecule has 0 radical (unpaired) electrons. The van der Waals surface area contributed by atoms with Crippen molar-refractivity contribution in [1.82, 2.24) is 24.5 Å². The number of thioether (sulfide) groups is 1. The molecule has 0 unspecified atom stereocenters. The van der Waals surface area contributed by atoms with E-state index in [2.05, 4.69) is 20.8 Å². The van der Waals surface area contributed by atoms with Gasteiger partial charge in [0.05, 0.1) is 17.1 Å². The van der Waals surface area contributed by atoms with E-state index in [0.29, 0.717) is 18.2 Å². The molecule has 2 aromatic carbocycles. The fraction of sp³-hybridized carbons (Fsp3) is 0.333. The Morgan fingerprint density at radius 1 is 1.09 bits per heavy atom. The van der Waals surface area contributed by atoms with Crippen molar-refractivity contribution in [3.63, 3.8) is 0 Å². The van der Waals surface area contributed by atoms with Gasteiger partial charge in [-0.25, -0.2) is 8.42 Å². The van der Waals surface area contributed by atoms with Crippen molar-refractivity contribution in [2.75, 3.05) is 24.2 Å². The lowest BCUT2D eigenvalue weighted by molar-refractivity contribution is -0.113. The number of benzene rings is 2. The van der Waals surface area contributed by atoms with Crippen molar-refractivity contribution >= 4 is 33.4 Å². The number of carbonyl (C=O) groups excluding carboxylic acids is 1. The lowest BCUT2D eigenvalue weighted by Crippen LogP contribution is -2.36. The summed E-state index contributed by atoms with van der Waals surface area (Å²) in [6.07, 6.45) is 2.72. The highest BCUT2D eigenvalue weighted by molar-refractivity contribution is 7.99. The van der Waals surface area contributed by atoms with Crippen LogP contribution in [-0.2, 0) is 14.8 Å². The van der Waals surface area contributed by atoms with Crippen LogP contribution < -0.4 is 5.32 Å². The minimum Gasteiger partial charge on any atom is -0.324 e. The summed E-state index contributed by atoms with van der Waals surface area (Å²) in [5.74, 6) is -0.304. The molecule has 1 aromatic heterocycles. The maximum Gasteiger partial charge on any atom is 0.245 e. The third-order valence-corrected chi connectivity index (χ3v) is 7.98. The first-order valence-electron chi connectivity index (χ1n) is 10.3. The lowest BCUT2D eigenvalue weighted by Gasteiger charge is -2.27. The van der Waals surface area contributed by atoms with Gasteiger partial charge in [0.25, 0.3) is 0 Å². The number of rotatable bonds is 7. The van der Waals surface area contributed by atoms with Crippen LogP contribution in [0.5, 0.6) is 0 Å². The molecule has 168 valence electrons. The summed E-state index contributed by atoms with van der Waals surface area (Å²) in [6, 6.07) is 14.4. The highest BCUT2D eigenvalue weighted by atomic mass is 32.2. The van der Waals surface area contributed by atoms with Gasteiger partial charge in [-0.2, -0.15) is 8.99 Å². The van der Waals surface area contributed by atoms with Crippen LogP contribution in [0.15, 0.2) is 58.6 Å². The highest BCUT2D eigenvalue weighted by Crippen LogP contribution is 2.28. The van der Waals surface area contributed by atoms with Crippen LogP contribution >= 0.6 is 11.8 Å². The molecule has 0 atom stereocenters. The maximum atomic E-state index is 13.2. The van der Waals surface area contributed by atoms with E-state index in [-0.39, 0.29) is 22.2 Å². The first kappa shape index (κ1) is 22.4. The summed E-state index contributed by atoms with van der Waals surface area (Å²) in [5, 5.41) is 14.9. The molecule has 0 spiro atoms. The van der Waals surface area contributed by atoms with E-state index in [1.54, 1.807) is 22.9 Å². The van der Waals surface area contributed by atoms with Gasteiger partial charge in [-0.05, 0) is 60.0 Å². The van der Waals surface area contributed by atoms with Gasteiger partial charge in [-0.15, -0.1) is 5.10 Å². The monoisotopic (exact) mass is 472 g/mol. The quantitative estimate of drug-likeness (QED) is 0.527. The number of aromatic nitrogens is 4. The molecule has 1 fully saturated rings. The first-order chi connectivity index (χ1) is 15.4. The third kappa shape index (κ3) is 5.00. The number of hydrogen-bond acceptors (Lipinski definition) is 7. The molecule has 0 aliphatic carbocycles. The van der Waals surface area contributed by atoms with Gasteiger partial charge in [-0.3, -0.25) is 4.79 Å². The second-order valence-electron chi connectivity index (χ2n) is 7.51. The molecular formula is C21H24N6O3S2. The number of hydrogen-bond donors (Lipinski definition) is 1. The predicted octanol–water partition coefficient (Wildman–Crippen LogP) is 2.88. The first-order valence-corrected chi connectivity index (χ1v) is 12.7. The molecule has 1 amide bonds. The topological polar surface area (TPSA) is 110 Å². The number of para-hydroxylation sites is 1. The molecule has 1 N–H and O–H groups in total. The normalized spacial score (nSPS) is 14.9. The number of sulfonamides is 1. The van der Waals surface area contributed by atoms with Gasteiger partial charge in [0, 0.05) is 13.1 Å². The van der Waals surface area contributed by atoms with Gasteiger partial charge in [0.2, 0.25) is 21.1 Å². The zero-order valence-electron chi connectivity index (χ0n) is 17.6. The summed E-state index contributed by atoms with van der Waals surface area (Å²) in [5.41, 5.74) is 1.89. The van der Waals surface area contributed by atoms with Gasteiger partial charge in [0.1, 0.15) is 4.90 Å². The van der Waals surface area contributed by atoms with E-state index in [1.807, 2.05) is 37.3 Å². The summed E-state index contributed by atoms with van der Waals surface area (Å²) in [7, 11) is -3.69. The molecule has 1 aliphatic heterocycles. The second kappa shape index (κ2) is 9.80. The Hall–Kier alpha value is -2.76. The van der Waals surface area contributed by atoms with Crippen LogP contribution in [0.4, 0.5) is 5.69 Å². The Bertz CT molecular complexity index is 1190. The summed E-state index contributed by atoms with van der Waals surface area (Å²) in [6.45, 7) is 2.84. The van der Waals surface area contributed by atoms with Crippen LogP contribution in [0, 0.1) is 6.92 Å². The van der Waals surface area contributed by atoms with Gasteiger partial charge < -0.3 is 5.32 Å². The molecule has 3 aromatic rings. The average molecular weight is 473 g/mol. The van der Waals surface area contributed by atoms with E-state index in [9.17, 15) is 13.2 Å². The molecule has 1 saturated heterocycles. The maximum absolute atomic E-state index is 13.2. The van der Waals surface area contributed by atoms with E-state index >= 15 is 0 Å². The Balaban J connectivity index is 1.48. The average Bonchev–Trinajstić information content (AvgIpc) is 3.29. The molecule has 0 saturated carbocycles. The van der Waals surface area contributed by atoms with Crippen LogP contribution in [0.1, 0.15) is 24.8 Å². The molecule has 0 bridgehead atoms. The van der Waals surface area contributed by atoms with Crippen molar-refractivity contribution < 1.29 is 13.2 Å². The van der Waals surface area contributed by atoms with Crippen LogP contribution in [-0.4, -0.2) is 57.7 Å². The second-order valence-corrected chi connectivity index (χ2v) is 10.4. The van der Waals surface area contributed by atoms with E-state index in [1.165, 1.54) is 16.1 Å². The number of tetrazole rings is 1. The van der Waals surface area contributed by atoms with E-state index < -0.39 is 10.0 Å². The van der Waals surface area contributed by atoms with Crippen molar-refractivity contribution in [1.29, 1.82) is 0 Å². The molecular weight excluding hydrogens is 448 g/mol. The lowest BCUT2D eigenvalue weighted by atomic mass is 10.2. The number of anilines is 1. The third-order valence-electron chi connectivity index (χ3n) is 5.12. The Kier molecular flexibility index (Phi) is 6.87. The van der Waals surface area contributed by atoms with Crippen molar-refractivity contribution in [2.45, 2.75) is 36.2 Å². The Labute approximate surface area is 191 Å². The summed E-state index contributed by atoms with van der Waals surface area (Å²) >= 11 is 1.18. The zero-order valence-corrected chi connectivity index (χ0v) is 19.3. The highest BCUT2D eigenvalue weighted by Gasteiger charge is 2.29. The molecule has 32 heavy (non-hydrogen) atoms. The molecule has 1 aliphatic rings. The van der Waals surface area contributed by atoms with E-state index in [4.69, 9.17) is 0 Å². The number of carbonyl (C=O) groups is 1. The minimum atomic E-state index is -3.69. The number of aryl methyl sites for hydroxylation is 1. The van der Waals surface area contributed by atoms with Crippen LogP contribution in [0.2, 0.25) is 0 Å². The van der Waals surface area contributed by atoms with Crippen LogP contribution in [0.25, 0.3) is 5.69 Å². The number of nitrogens with one attached hydrogen (secondary N) is 1. The summed E-state index contributed by atoms with van der Waals surface area (Å²) in [4.78, 5) is 12.8. The minimum absolute atomic E-state index is 0.0320. The predicted molar refractivity (Wildman–Crippen MR) is 122 cm³/mol. The Morgan fingerprint density at radius 2 is 1.84 bits per heavy atom. The number of nitrogens with zero attached hydrogens (tertiary/aromatic N) is 5. The smallest absolute Gasteiger partial charge is 0.245 e. The van der Waals surface area contributed by atoms with Gasteiger partial charge >= 0.3 is 0 Å². The number of piperidine rings is 1. The zero-order chi connectivity index (χ0) is 22.6. The largest absolute Gasteiger partial charge is 0.324 e. The standard InChI is InChI=1S/C21H24N6O3S2/c1-16-10-11-18(19(14-16)32(29,30)26-12-6-3-7-13-26)22-20(28)15-31-21-23-24-25-27(21)17-8-4-2-5-9-17/h2,4-5,8-11,14H,3,6-7,12-13,15H2,1H3,(H,22,28). The van der Waals surface area contributed by atoms with Gasteiger partial charge in [-0.1, -0.05) is 42.4 Å². The summed E-state index contributed by atoms with van der Waals surface area (Å²) < 4.78 is 29.5. The number of amides is 1. The van der Waals surface area contributed by atoms with Crippen molar-refractivity contribution in [3.8, 4) is 5.69 Å². The fourth-order valence-electron chi connectivity index (χ4n) is 3.51. The van der Waals surface area contributed by atoms with Crippen molar-refractivity contribution in [3.05, 3.63) is 54.1 Å². The van der Waals surface area contributed by atoms with Gasteiger partial charge in [0.15, 0.2) is 0 Å². The van der Waals surface area contributed by atoms with Crippen LogP contribution in [0.3, 0.4) is 0 Å². The fourth-order valence-corrected chi connectivity index (χ4v) is 5.95. The molecule has 4 rings (SSSR count). The molecule has 9 nitrogen and oxygen atoms in total.